The van der Waals surface area contributed by atoms with Crippen molar-refractivity contribution in [1.82, 2.24) is 14.4 Å². The average Bonchev–Trinajstić information content (AvgIpc) is 2.61. The van der Waals surface area contributed by atoms with Crippen molar-refractivity contribution >= 4 is 22.4 Å². The summed E-state index contributed by atoms with van der Waals surface area (Å²) in [6, 6.07) is 0. The Labute approximate surface area is 126 Å². The van der Waals surface area contributed by atoms with E-state index in [4.69, 9.17) is 0 Å². The monoisotopic (exact) mass is 312 g/mol. The predicted octanol–water partition coefficient (Wildman–Crippen LogP) is 4.55. The van der Waals surface area contributed by atoms with E-state index in [0.717, 1.165) is 5.95 Å². The Balaban J connectivity index is 3.18. The molecule has 1 heterocycles. The van der Waals surface area contributed by atoms with Crippen molar-refractivity contribution in [2.24, 2.45) is 0 Å². The summed E-state index contributed by atoms with van der Waals surface area (Å²) < 4.78 is 2.19. The van der Waals surface area contributed by atoms with Gasteiger partial charge < -0.3 is 4.98 Å². The van der Waals surface area contributed by atoms with Crippen LogP contribution >= 0.6 is 0 Å². The molecule has 0 saturated carbocycles. The SMILES string of the molecule is CC(C)(C)[Si](C)(C)Nc1ncnn1[Si](C)(C)C(C)(C)C. The van der Waals surface area contributed by atoms with Crippen molar-refractivity contribution in [3.8, 4) is 0 Å². The van der Waals surface area contributed by atoms with Crippen molar-refractivity contribution in [2.75, 3.05) is 4.98 Å². The van der Waals surface area contributed by atoms with Gasteiger partial charge in [-0.2, -0.15) is 5.10 Å². The van der Waals surface area contributed by atoms with Crippen LogP contribution in [0.3, 0.4) is 0 Å². The van der Waals surface area contributed by atoms with Gasteiger partial charge in [-0.1, -0.05) is 54.6 Å². The molecule has 4 nitrogen and oxygen atoms in total. The lowest BCUT2D eigenvalue weighted by molar-refractivity contribution is 0.682. The molecule has 0 saturated heterocycles. The van der Waals surface area contributed by atoms with E-state index >= 15 is 0 Å². The third kappa shape index (κ3) is 3.16. The molecule has 20 heavy (non-hydrogen) atoms. The van der Waals surface area contributed by atoms with Crippen LogP contribution in [0.1, 0.15) is 41.5 Å². The number of aromatic nitrogens is 3. The first-order valence-corrected chi connectivity index (χ1v) is 13.3. The molecule has 1 N–H and O–H groups in total. The molecule has 0 aliphatic rings. The Hall–Kier alpha value is -0.626. The van der Waals surface area contributed by atoms with Crippen LogP contribution in [0.2, 0.25) is 36.3 Å². The molecular formula is C14H32N4Si2. The lowest BCUT2D eigenvalue weighted by Crippen LogP contribution is -2.51. The molecule has 0 amide bonds. The van der Waals surface area contributed by atoms with Gasteiger partial charge in [0, 0.05) is 0 Å². The Morgan fingerprint density at radius 1 is 0.950 bits per heavy atom. The quantitative estimate of drug-likeness (QED) is 0.833. The summed E-state index contributed by atoms with van der Waals surface area (Å²) in [7, 11) is -3.36. The van der Waals surface area contributed by atoms with Crippen LogP contribution in [0.5, 0.6) is 0 Å². The van der Waals surface area contributed by atoms with E-state index in [1.54, 1.807) is 6.33 Å². The Bertz CT molecular complexity index is 464. The van der Waals surface area contributed by atoms with Gasteiger partial charge in [0.2, 0.25) is 5.95 Å². The first kappa shape index (κ1) is 17.4. The van der Waals surface area contributed by atoms with E-state index in [1.165, 1.54) is 0 Å². The summed E-state index contributed by atoms with van der Waals surface area (Å²) in [5.74, 6) is 0.961. The van der Waals surface area contributed by atoms with E-state index in [-0.39, 0.29) is 10.1 Å². The number of hydrogen-bond donors (Lipinski definition) is 1. The first-order chi connectivity index (χ1) is 8.70. The zero-order valence-electron chi connectivity index (χ0n) is 14.9. The summed E-state index contributed by atoms with van der Waals surface area (Å²) >= 11 is 0. The lowest BCUT2D eigenvalue weighted by Gasteiger charge is -2.40. The van der Waals surface area contributed by atoms with Crippen LogP contribution in [0.25, 0.3) is 0 Å². The molecular weight excluding hydrogens is 280 g/mol. The van der Waals surface area contributed by atoms with E-state index in [0.29, 0.717) is 0 Å². The normalized spacial score (nSPS) is 14.5. The minimum Gasteiger partial charge on any atom is -0.381 e. The maximum atomic E-state index is 4.55. The molecule has 1 aromatic heterocycles. The summed E-state index contributed by atoms with van der Waals surface area (Å²) in [5.41, 5.74) is 0. The van der Waals surface area contributed by atoms with Gasteiger partial charge in [-0.25, -0.2) is 4.98 Å². The predicted molar refractivity (Wildman–Crippen MR) is 93.4 cm³/mol. The Morgan fingerprint density at radius 3 is 1.85 bits per heavy atom. The van der Waals surface area contributed by atoms with Crippen molar-refractivity contribution in [3.63, 3.8) is 0 Å². The van der Waals surface area contributed by atoms with E-state index < -0.39 is 16.5 Å². The van der Waals surface area contributed by atoms with Crippen LogP contribution in [0.4, 0.5) is 5.95 Å². The van der Waals surface area contributed by atoms with Crippen molar-refractivity contribution in [1.29, 1.82) is 0 Å². The fourth-order valence-corrected chi connectivity index (χ4v) is 4.36. The molecule has 0 fully saturated rings. The van der Waals surface area contributed by atoms with Gasteiger partial charge in [-0.05, 0) is 23.2 Å². The molecule has 0 aliphatic heterocycles. The average molecular weight is 313 g/mol. The van der Waals surface area contributed by atoms with Gasteiger partial charge in [0.05, 0.1) is 0 Å². The minimum atomic E-state index is -1.73. The summed E-state index contributed by atoms with van der Waals surface area (Å²) in [4.78, 5) is 8.25. The third-order valence-electron chi connectivity index (χ3n) is 5.21. The zero-order chi connectivity index (χ0) is 16.0. The molecule has 0 aliphatic carbocycles. The minimum absolute atomic E-state index is 0.241. The first-order valence-electron chi connectivity index (χ1n) is 7.39. The van der Waals surface area contributed by atoms with Gasteiger partial charge in [-0.3, -0.25) is 4.35 Å². The third-order valence-corrected chi connectivity index (χ3v) is 14.9. The molecule has 0 bridgehead atoms. The van der Waals surface area contributed by atoms with Gasteiger partial charge in [0.1, 0.15) is 6.33 Å². The van der Waals surface area contributed by atoms with Gasteiger partial charge in [0.15, 0.2) is 16.5 Å². The van der Waals surface area contributed by atoms with Gasteiger partial charge in [0.25, 0.3) is 0 Å². The van der Waals surface area contributed by atoms with Crippen molar-refractivity contribution < 1.29 is 0 Å². The number of rotatable bonds is 3. The summed E-state index contributed by atoms with van der Waals surface area (Å²) in [6.45, 7) is 23.3. The summed E-state index contributed by atoms with van der Waals surface area (Å²) in [5, 5.41) is 5.06. The van der Waals surface area contributed by atoms with Gasteiger partial charge in [-0.15, -0.1) is 0 Å². The topological polar surface area (TPSA) is 42.7 Å². The molecule has 6 heteroatoms. The van der Waals surface area contributed by atoms with E-state index in [1.807, 2.05) is 0 Å². The smallest absolute Gasteiger partial charge is 0.204 e. The molecule has 0 radical (unpaired) electrons. The second-order valence-electron chi connectivity index (χ2n) is 8.80. The Morgan fingerprint density at radius 2 is 1.45 bits per heavy atom. The zero-order valence-corrected chi connectivity index (χ0v) is 16.9. The van der Waals surface area contributed by atoms with E-state index in [9.17, 15) is 0 Å². The van der Waals surface area contributed by atoms with Crippen molar-refractivity contribution in [3.05, 3.63) is 6.33 Å². The largest absolute Gasteiger partial charge is 0.381 e. The maximum absolute atomic E-state index is 4.55. The number of anilines is 1. The molecule has 0 atom stereocenters. The molecule has 116 valence electrons. The van der Waals surface area contributed by atoms with Crippen LogP contribution in [0, 0.1) is 0 Å². The number of nitrogens with zero attached hydrogens (tertiary/aromatic N) is 3. The highest BCUT2D eigenvalue weighted by atomic mass is 28.3. The summed E-state index contributed by atoms with van der Waals surface area (Å²) in [6.07, 6.45) is 1.69. The van der Waals surface area contributed by atoms with Crippen LogP contribution in [-0.2, 0) is 0 Å². The van der Waals surface area contributed by atoms with Crippen LogP contribution < -0.4 is 4.98 Å². The van der Waals surface area contributed by atoms with Gasteiger partial charge >= 0.3 is 0 Å². The van der Waals surface area contributed by atoms with Crippen LogP contribution in [0.15, 0.2) is 6.33 Å². The Kier molecular flexibility index (Phi) is 4.34. The molecule has 0 unspecified atom stereocenters. The molecule has 0 aromatic carbocycles. The molecule has 1 aromatic rings. The fraction of sp³-hybridized carbons (Fsp3) is 0.857. The second kappa shape index (κ2) is 4.98. The number of hydrogen-bond acceptors (Lipinski definition) is 3. The van der Waals surface area contributed by atoms with Crippen molar-refractivity contribution in [2.45, 2.75) is 77.8 Å². The highest BCUT2D eigenvalue weighted by Gasteiger charge is 2.42. The molecule has 0 spiro atoms. The second-order valence-corrected chi connectivity index (χ2v) is 18.8. The lowest BCUT2D eigenvalue weighted by atomic mass is 10.2. The fourth-order valence-electron chi connectivity index (χ4n) is 1.52. The highest BCUT2D eigenvalue weighted by Crippen LogP contribution is 2.39. The number of nitrogens with one attached hydrogen (secondary N) is 1. The standard InChI is InChI=1S/C14H32N4Si2/c1-13(2,3)19(7,8)17-12-15-11-16-18(12)20(9,10)14(4,5)6/h11H,1-10H3,(H,15,16,17). The molecule has 1 rings (SSSR count). The highest BCUT2D eigenvalue weighted by molar-refractivity contribution is 6.83. The van der Waals surface area contributed by atoms with Crippen LogP contribution in [-0.4, -0.2) is 30.9 Å². The van der Waals surface area contributed by atoms with E-state index in [2.05, 4.69) is 87.1 Å². The maximum Gasteiger partial charge on any atom is 0.204 e.